The molecule has 1 fully saturated rings. The number of carbonyl (C=O) groups excluding carboxylic acids is 1. The lowest BCUT2D eigenvalue weighted by molar-refractivity contribution is -0.183. The summed E-state index contributed by atoms with van der Waals surface area (Å²) in [6.07, 6.45) is 1.55. The number of nitrogens with zero attached hydrogens (tertiary/aromatic N) is 1. The first-order valence-electron chi connectivity index (χ1n) is 7.86. The molecule has 23 heavy (non-hydrogen) atoms. The second kappa shape index (κ2) is 8.06. The fraction of sp³-hybridized carbons (Fsp3) is 0.929. The molecule has 0 aromatic carbocycles. The molecule has 0 bridgehead atoms. The molecule has 2 atom stereocenters. The number of carbonyl (C=O) groups is 1. The number of hydrogen-bond acceptors (Lipinski definition) is 6. The summed E-state index contributed by atoms with van der Waals surface area (Å²) in [5, 5.41) is 0. The molecule has 1 saturated heterocycles. The molecule has 0 aromatic rings. The Morgan fingerprint density at radius 2 is 1.96 bits per heavy atom. The van der Waals surface area contributed by atoms with Gasteiger partial charge in [0.25, 0.3) is 10.1 Å². The molecule has 0 saturated carbocycles. The van der Waals surface area contributed by atoms with E-state index in [0.717, 1.165) is 6.26 Å². The molecule has 1 heterocycles. The Bertz CT molecular complexity index is 502. The summed E-state index contributed by atoms with van der Waals surface area (Å²) in [7, 11) is -4.88. The Morgan fingerprint density at radius 1 is 1.35 bits per heavy atom. The van der Waals surface area contributed by atoms with E-state index in [1.165, 1.54) is 0 Å². The predicted octanol–water partition coefficient (Wildman–Crippen LogP) is 1.09. The molecule has 0 N–H and O–H groups in total. The maximum Gasteiger partial charge on any atom is 0.264 e. The van der Waals surface area contributed by atoms with Gasteiger partial charge in [0.05, 0.1) is 24.5 Å². The average molecular weight is 368 g/mol. The molecule has 136 valence electrons. The zero-order valence-corrected chi connectivity index (χ0v) is 16.8. The SMILES string of the molecule is C[SiH](C)OC(OC(C)(C)C)[C@H]1CCC(=O)N1CCOS(C)(=O)=O. The van der Waals surface area contributed by atoms with Crippen LogP contribution in [-0.4, -0.2) is 65.6 Å². The Kier molecular flexibility index (Phi) is 7.21. The molecular formula is C14H29NO6SSi. The molecule has 0 radical (unpaired) electrons. The highest BCUT2D eigenvalue weighted by Gasteiger charge is 2.39. The van der Waals surface area contributed by atoms with Crippen molar-refractivity contribution in [2.24, 2.45) is 0 Å². The van der Waals surface area contributed by atoms with Gasteiger partial charge in [-0.1, -0.05) is 0 Å². The predicted molar refractivity (Wildman–Crippen MR) is 90.1 cm³/mol. The van der Waals surface area contributed by atoms with Crippen LogP contribution < -0.4 is 0 Å². The van der Waals surface area contributed by atoms with Gasteiger partial charge < -0.3 is 14.1 Å². The normalized spacial score (nSPS) is 21.3. The molecule has 1 rings (SSSR count). The van der Waals surface area contributed by atoms with Gasteiger partial charge in [-0.15, -0.1) is 0 Å². The molecule has 1 unspecified atom stereocenters. The Labute approximate surface area is 141 Å². The van der Waals surface area contributed by atoms with Gasteiger partial charge in [-0.25, -0.2) is 0 Å². The summed E-state index contributed by atoms with van der Waals surface area (Å²) in [5.74, 6) is -0.0244. The second-order valence-corrected chi connectivity index (χ2v) is 11.0. The molecule has 1 aliphatic rings. The van der Waals surface area contributed by atoms with Crippen molar-refractivity contribution >= 4 is 25.1 Å². The van der Waals surface area contributed by atoms with E-state index in [-0.39, 0.29) is 25.1 Å². The number of rotatable bonds is 8. The van der Waals surface area contributed by atoms with Gasteiger partial charge in [0.2, 0.25) is 5.91 Å². The molecule has 7 nitrogen and oxygen atoms in total. The summed E-state index contributed by atoms with van der Waals surface area (Å²) >= 11 is 0. The molecule has 1 amide bonds. The first-order valence-corrected chi connectivity index (χ1v) is 12.5. The fourth-order valence-electron chi connectivity index (χ4n) is 2.43. The van der Waals surface area contributed by atoms with Gasteiger partial charge in [-0.05, 0) is 40.3 Å². The first kappa shape index (κ1) is 20.6. The zero-order chi connectivity index (χ0) is 17.8. The van der Waals surface area contributed by atoms with Crippen LogP contribution in [0.4, 0.5) is 0 Å². The van der Waals surface area contributed by atoms with Crippen LogP contribution in [-0.2, 0) is 28.3 Å². The number of ether oxygens (including phenoxy) is 1. The quantitative estimate of drug-likeness (QED) is 0.363. The van der Waals surface area contributed by atoms with Gasteiger partial charge >= 0.3 is 0 Å². The summed E-state index contributed by atoms with van der Waals surface area (Å²) in [6.45, 7) is 10.1. The van der Waals surface area contributed by atoms with Crippen molar-refractivity contribution in [1.29, 1.82) is 0 Å². The van der Waals surface area contributed by atoms with Gasteiger partial charge in [0.1, 0.15) is 0 Å². The van der Waals surface area contributed by atoms with Crippen molar-refractivity contribution in [2.75, 3.05) is 19.4 Å². The third-order valence-corrected chi connectivity index (χ3v) is 4.60. The highest BCUT2D eigenvalue weighted by Crippen LogP contribution is 2.27. The first-order chi connectivity index (χ1) is 10.4. The van der Waals surface area contributed by atoms with E-state index in [9.17, 15) is 13.2 Å². The van der Waals surface area contributed by atoms with E-state index in [0.29, 0.717) is 12.8 Å². The minimum Gasteiger partial charge on any atom is -0.395 e. The van der Waals surface area contributed by atoms with Crippen LogP contribution >= 0.6 is 0 Å². The van der Waals surface area contributed by atoms with Gasteiger partial charge in [-0.3, -0.25) is 8.98 Å². The van der Waals surface area contributed by atoms with E-state index in [2.05, 4.69) is 0 Å². The van der Waals surface area contributed by atoms with E-state index in [4.69, 9.17) is 13.3 Å². The van der Waals surface area contributed by atoms with Crippen LogP contribution in [0.5, 0.6) is 0 Å². The van der Waals surface area contributed by atoms with Gasteiger partial charge in [0.15, 0.2) is 15.3 Å². The lowest BCUT2D eigenvalue weighted by Gasteiger charge is -2.36. The lowest BCUT2D eigenvalue weighted by Crippen LogP contribution is -2.48. The highest BCUT2D eigenvalue weighted by molar-refractivity contribution is 7.85. The molecule has 0 aromatic heterocycles. The second-order valence-electron chi connectivity index (χ2n) is 7.00. The van der Waals surface area contributed by atoms with Crippen molar-refractivity contribution < 1.29 is 26.6 Å². The van der Waals surface area contributed by atoms with Crippen molar-refractivity contribution in [1.82, 2.24) is 4.90 Å². The molecule has 0 aliphatic carbocycles. The van der Waals surface area contributed by atoms with E-state index in [1.807, 2.05) is 33.9 Å². The lowest BCUT2D eigenvalue weighted by atomic mass is 10.1. The van der Waals surface area contributed by atoms with Gasteiger partial charge in [0, 0.05) is 13.0 Å². The maximum absolute atomic E-state index is 12.1. The van der Waals surface area contributed by atoms with Crippen LogP contribution in [0, 0.1) is 0 Å². The molecule has 1 aliphatic heterocycles. The number of likely N-dealkylation sites (tertiary alicyclic amines) is 1. The Balaban J connectivity index is 2.79. The molecular weight excluding hydrogens is 338 g/mol. The fourth-order valence-corrected chi connectivity index (χ4v) is 3.58. The third-order valence-electron chi connectivity index (χ3n) is 3.19. The number of amides is 1. The van der Waals surface area contributed by atoms with Crippen LogP contribution in [0.2, 0.25) is 13.1 Å². The van der Waals surface area contributed by atoms with Crippen LogP contribution in [0.3, 0.4) is 0 Å². The standard InChI is InChI=1S/C14H29NO6SSi/c1-14(2,3)20-13(21-23(5)6)11-7-8-12(16)15(11)9-10-19-22(4,17)18/h11,13,23H,7-10H2,1-6H3/t11-,13?/m1/s1. The van der Waals surface area contributed by atoms with E-state index >= 15 is 0 Å². The summed E-state index contributed by atoms with van der Waals surface area (Å²) in [5.41, 5.74) is -0.394. The third kappa shape index (κ3) is 7.75. The van der Waals surface area contributed by atoms with Crippen LogP contribution in [0.25, 0.3) is 0 Å². The minimum absolute atomic E-state index is 0.0244. The van der Waals surface area contributed by atoms with Crippen LogP contribution in [0.15, 0.2) is 0 Å². The summed E-state index contributed by atoms with van der Waals surface area (Å²) < 4.78 is 38.9. The summed E-state index contributed by atoms with van der Waals surface area (Å²) in [6, 6.07) is -0.209. The monoisotopic (exact) mass is 367 g/mol. The maximum atomic E-state index is 12.1. The topological polar surface area (TPSA) is 82.1 Å². The largest absolute Gasteiger partial charge is 0.395 e. The van der Waals surface area contributed by atoms with E-state index in [1.54, 1.807) is 4.90 Å². The van der Waals surface area contributed by atoms with E-state index < -0.39 is 31.0 Å². The van der Waals surface area contributed by atoms with Gasteiger partial charge in [-0.2, -0.15) is 8.42 Å². The highest BCUT2D eigenvalue weighted by atomic mass is 32.2. The average Bonchev–Trinajstić information content (AvgIpc) is 2.66. The van der Waals surface area contributed by atoms with Crippen molar-refractivity contribution in [3.63, 3.8) is 0 Å². The van der Waals surface area contributed by atoms with Crippen LogP contribution in [0.1, 0.15) is 33.6 Å². The number of hydrogen-bond donors (Lipinski definition) is 0. The molecule has 0 spiro atoms. The van der Waals surface area contributed by atoms with Crippen molar-refractivity contribution in [2.45, 2.75) is 64.6 Å². The zero-order valence-electron chi connectivity index (χ0n) is 14.9. The Hall–Kier alpha value is -0.483. The van der Waals surface area contributed by atoms with Crippen molar-refractivity contribution in [3.05, 3.63) is 0 Å². The van der Waals surface area contributed by atoms with Crippen molar-refractivity contribution in [3.8, 4) is 0 Å². The summed E-state index contributed by atoms with van der Waals surface area (Å²) in [4.78, 5) is 13.7. The molecule has 9 heteroatoms. The smallest absolute Gasteiger partial charge is 0.264 e. The Morgan fingerprint density at radius 3 is 2.43 bits per heavy atom. The minimum atomic E-state index is -3.51.